The fourth-order valence-electron chi connectivity index (χ4n) is 4.68. The zero-order valence-electron chi connectivity index (χ0n) is 19.9. The summed E-state index contributed by atoms with van der Waals surface area (Å²) in [5.41, 5.74) is 4.00. The first-order chi connectivity index (χ1) is 16.3. The standard InChI is InChI=1S/C28H29ClN2O3/c1-5-30(21-12-15-25(29)18(2)16-21)28(33)24-17-19(3)31(26-9-7-6-8-23(24)26)27(32)20-10-13-22(34-4)14-11-20/h6-16,19,24H,5,17H2,1-4H3/t19-,24-/m1/s1. The van der Waals surface area contributed by atoms with Crippen LogP contribution in [0.1, 0.15) is 47.7 Å². The van der Waals surface area contributed by atoms with E-state index in [2.05, 4.69) is 0 Å². The fraction of sp³-hybridized carbons (Fsp3) is 0.286. The van der Waals surface area contributed by atoms with Crippen LogP contribution < -0.4 is 14.5 Å². The van der Waals surface area contributed by atoms with Gasteiger partial charge in [0, 0.05) is 34.5 Å². The van der Waals surface area contributed by atoms with Crippen LogP contribution in [-0.4, -0.2) is 31.5 Å². The van der Waals surface area contributed by atoms with Crippen LogP contribution in [0.5, 0.6) is 5.75 Å². The first kappa shape index (κ1) is 23.8. The summed E-state index contributed by atoms with van der Waals surface area (Å²) in [4.78, 5) is 30.9. The molecule has 1 aliphatic rings. The van der Waals surface area contributed by atoms with Crippen LogP contribution in [0.4, 0.5) is 11.4 Å². The molecule has 176 valence electrons. The van der Waals surface area contributed by atoms with Gasteiger partial charge in [0.05, 0.1) is 13.0 Å². The molecule has 0 radical (unpaired) electrons. The Morgan fingerprint density at radius 3 is 2.44 bits per heavy atom. The van der Waals surface area contributed by atoms with Crippen molar-refractivity contribution in [3.63, 3.8) is 0 Å². The number of anilines is 2. The van der Waals surface area contributed by atoms with Gasteiger partial charge in [0.1, 0.15) is 5.75 Å². The van der Waals surface area contributed by atoms with Crippen molar-refractivity contribution in [3.05, 3.63) is 88.4 Å². The highest BCUT2D eigenvalue weighted by molar-refractivity contribution is 6.31. The van der Waals surface area contributed by atoms with Crippen molar-refractivity contribution >= 4 is 34.8 Å². The summed E-state index contributed by atoms with van der Waals surface area (Å²) in [6.07, 6.45) is 0.542. The van der Waals surface area contributed by atoms with E-state index in [-0.39, 0.29) is 23.8 Å². The van der Waals surface area contributed by atoms with Gasteiger partial charge in [0.15, 0.2) is 0 Å². The molecule has 2 amide bonds. The molecule has 0 aromatic heterocycles. The van der Waals surface area contributed by atoms with Gasteiger partial charge >= 0.3 is 0 Å². The molecule has 0 N–H and O–H groups in total. The topological polar surface area (TPSA) is 49.9 Å². The van der Waals surface area contributed by atoms with Gasteiger partial charge in [-0.3, -0.25) is 9.59 Å². The number of hydrogen-bond donors (Lipinski definition) is 0. The van der Waals surface area contributed by atoms with Gasteiger partial charge in [-0.1, -0.05) is 29.8 Å². The van der Waals surface area contributed by atoms with Gasteiger partial charge in [0.2, 0.25) is 5.91 Å². The lowest BCUT2D eigenvalue weighted by atomic mass is 9.84. The molecule has 0 fully saturated rings. The maximum absolute atomic E-state index is 13.8. The molecule has 4 rings (SSSR count). The van der Waals surface area contributed by atoms with E-state index in [1.165, 1.54) is 0 Å². The number of methoxy groups -OCH3 is 1. The van der Waals surface area contributed by atoms with Crippen LogP contribution >= 0.6 is 11.6 Å². The number of para-hydroxylation sites is 1. The van der Waals surface area contributed by atoms with Crippen molar-refractivity contribution in [1.82, 2.24) is 0 Å². The number of hydrogen-bond acceptors (Lipinski definition) is 3. The Morgan fingerprint density at radius 1 is 1.09 bits per heavy atom. The van der Waals surface area contributed by atoms with E-state index < -0.39 is 0 Å². The fourth-order valence-corrected chi connectivity index (χ4v) is 4.80. The highest BCUT2D eigenvalue weighted by atomic mass is 35.5. The minimum atomic E-state index is -0.345. The van der Waals surface area contributed by atoms with E-state index in [1.54, 1.807) is 36.3 Å². The molecule has 2 atom stereocenters. The van der Waals surface area contributed by atoms with Gasteiger partial charge in [0.25, 0.3) is 5.91 Å². The van der Waals surface area contributed by atoms with Gasteiger partial charge in [-0.25, -0.2) is 0 Å². The van der Waals surface area contributed by atoms with Crippen molar-refractivity contribution < 1.29 is 14.3 Å². The highest BCUT2D eigenvalue weighted by Gasteiger charge is 2.38. The number of likely N-dealkylation sites (N-methyl/N-ethyl adjacent to an activating group) is 1. The maximum Gasteiger partial charge on any atom is 0.258 e. The number of halogens is 1. The van der Waals surface area contributed by atoms with Crippen molar-refractivity contribution in [2.75, 3.05) is 23.5 Å². The summed E-state index contributed by atoms with van der Waals surface area (Å²) >= 11 is 6.21. The lowest BCUT2D eigenvalue weighted by Crippen LogP contribution is -2.46. The SMILES string of the molecule is CCN(C(=O)[C@@H]1C[C@@H](C)N(C(=O)c2ccc(OC)cc2)c2ccccc21)c1ccc(Cl)c(C)c1. The predicted octanol–water partition coefficient (Wildman–Crippen LogP) is 6.23. The Kier molecular flexibility index (Phi) is 6.94. The molecule has 0 bridgehead atoms. The minimum Gasteiger partial charge on any atom is -0.497 e. The molecule has 6 heteroatoms. The van der Waals surface area contributed by atoms with E-state index in [0.717, 1.165) is 22.5 Å². The second-order valence-electron chi connectivity index (χ2n) is 8.62. The average Bonchev–Trinajstić information content (AvgIpc) is 2.85. The number of ether oxygens (including phenoxy) is 1. The molecule has 0 aliphatic carbocycles. The number of aryl methyl sites for hydroxylation is 1. The Hall–Kier alpha value is -3.31. The first-order valence-electron chi connectivity index (χ1n) is 11.5. The van der Waals surface area contributed by atoms with Crippen molar-refractivity contribution in [2.45, 2.75) is 39.2 Å². The largest absolute Gasteiger partial charge is 0.497 e. The molecule has 34 heavy (non-hydrogen) atoms. The second-order valence-corrected chi connectivity index (χ2v) is 9.02. The number of rotatable bonds is 5. The van der Waals surface area contributed by atoms with E-state index in [9.17, 15) is 9.59 Å². The monoisotopic (exact) mass is 476 g/mol. The third kappa shape index (κ3) is 4.40. The van der Waals surface area contributed by atoms with Gasteiger partial charge in [-0.05, 0) is 86.8 Å². The van der Waals surface area contributed by atoms with E-state index in [1.807, 2.05) is 68.1 Å². The third-order valence-corrected chi connectivity index (χ3v) is 6.90. The maximum atomic E-state index is 13.8. The Bertz CT molecular complexity index is 1210. The van der Waals surface area contributed by atoms with Gasteiger partial charge in [-0.2, -0.15) is 0 Å². The van der Waals surface area contributed by atoms with Crippen molar-refractivity contribution in [3.8, 4) is 5.75 Å². The highest BCUT2D eigenvalue weighted by Crippen LogP contribution is 2.41. The van der Waals surface area contributed by atoms with Crippen LogP contribution in [0.2, 0.25) is 5.02 Å². The van der Waals surface area contributed by atoms with Crippen LogP contribution in [0.3, 0.4) is 0 Å². The number of nitrogens with zero attached hydrogens (tertiary/aromatic N) is 2. The lowest BCUT2D eigenvalue weighted by molar-refractivity contribution is -0.120. The molecule has 0 saturated carbocycles. The van der Waals surface area contributed by atoms with Gasteiger partial charge in [-0.15, -0.1) is 0 Å². The molecule has 1 heterocycles. The minimum absolute atomic E-state index is 0.0278. The van der Waals surface area contributed by atoms with Crippen molar-refractivity contribution in [1.29, 1.82) is 0 Å². The van der Waals surface area contributed by atoms with Gasteiger partial charge < -0.3 is 14.5 Å². The zero-order valence-corrected chi connectivity index (χ0v) is 20.7. The summed E-state index contributed by atoms with van der Waals surface area (Å²) < 4.78 is 5.22. The summed E-state index contributed by atoms with van der Waals surface area (Å²) in [6.45, 7) is 6.45. The smallest absolute Gasteiger partial charge is 0.258 e. The summed E-state index contributed by atoms with van der Waals surface area (Å²) in [7, 11) is 1.60. The summed E-state index contributed by atoms with van der Waals surface area (Å²) in [5.74, 6) is 0.294. The Labute approximate surface area is 205 Å². The second kappa shape index (κ2) is 9.90. The number of amides is 2. The lowest BCUT2D eigenvalue weighted by Gasteiger charge is -2.40. The molecule has 0 unspecified atom stereocenters. The van der Waals surface area contributed by atoms with Crippen LogP contribution in [-0.2, 0) is 4.79 Å². The molecular formula is C28H29ClN2O3. The predicted molar refractivity (Wildman–Crippen MR) is 137 cm³/mol. The summed E-state index contributed by atoms with van der Waals surface area (Å²) in [6, 6.07) is 20.3. The Morgan fingerprint density at radius 2 is 1.79 bits per heavy atom. The molecule has 5 nitrogen and oxygen atoms in total. The molecular weight excluding hydrogens is 448 g/mol. The molecule has 3 aromatic rings. The van der Waals surface area contributed by atoms with E-state index >= 15 is 0 Å². The molecule has 1 aliphatic heterocycles. The number of carbonyl (C=O) groups excluding carboxylic acids is 2. The third-order valence-electron chi connectivity index (χ3n) is 6.48. The van der Waals surface area contributed by atoms with Crippen LogP contribution in [0.25, 0.3) is 0 Å². The Balaban J connectivity index is 1.69. The molecule has 0 spiro atoms. The number of fused-ring (bicyclic) bond motifs is 1. The van der Waals surface area contributed by atoms with Crippen LogP contribution in [0.15, 0.2) is 66.7 Å². The van der Waals surface area contributed by atoms with E-state index in [4.69, 9.17) is 16.3 Å². The van der Waals surface area contributed by atoms with Crippen LogP contribution in [0, 0.1) is 6.92 Å². The quantitative estimate of drug-likeness (QED) is 0.438. The summed E-state index contributed by atoms with van der Waals surface area (Å²) in [5, 5.41) is 0.677. The average molecular weight is 477 g/mol. The molecule has 3 aromatic carbocycles. The van der Waals surface area contributed by atoms with E-state index in [0.29, 0.717) is 29.3 Å². The normalized spacial score (nSPS) is 17.1. The zero-order chi connectivity index (χ0) is 24.4. The van der Waals surface area contributed by atoms with Crippen molar-refractivity contribution in [2.24, 2.45) is 0 Å². The molecule has 0 saturated heterocycles. The first-order valence-corrected chi connectivity index (χ1v) is 11.9. The number of carbonyl (C=O) groups is 2. The number of benzene rings is 3.